The number of methoxy groups -OCH3 is 1. The molecule has 0 aromatic carbocycles. The maximum atomic E-state index is 5.06. The Kier molecular flexibility index (Phi) is 2.81. The molecule has 1 aliphatic heterocycles. The Bertz CT molecular complexity index is 297. The summed E-state index contributed by atoms with van der Waals surface area (Å²) in [6.45, 7) is 2.08. The van der Waals surface area contributed by atoms with Crippen molar-refractivity contribution in [2.24, 2.45) is 0 Å². The summed E-state index contributed by atoms with van der Waals surface area (Å²) in [5.41, 5.74) is 0. The summed E-state index contributed by atoms with van der Waals surface area (Å²) in [4.78, 5) is 10.5. The van der Waals surface area contributed by atoms with Crippen LogP contribution in [0.2, 0.25) is 0 Å². The smallest absolute Gasteiger partial charge is 0.218 e. The van der Waals surface area contributed by atoms with Gasteiger partial charge in [-0.15, -0.1) is 0 Å². The van der Waals surface area contributed by atoms with Gasteiger partial charge in [-0.05, 0) is 19.3 Å². The molecular formula is C10H14N3O. The first kappa shape index (κ1) is 9.24. The number of ether oxygens (including phenoxy) is 1. The zero-order valence-corrected chi connectivity index (χ0v) is 8.31. The molecule has 0 aliphatic carbocycles. The molecule has 75 valence electrons. The van der Waals surface area contributed by atoms with Crippen molar-refractivity contribution in [3.8, 4) is 5.88 Å². The first-order valence-corrected chi connectivity index (χ1v) is 4.83. The van der Waals surface area contributed by atoms with Crippen molar-refractivity contribution in [3.05, 3.63) is 18.8 Å². The molecule has 1 radical (unpaired) electrons. The van der Waals surface area contributed by atoms with Gasteiger partial charge in [-0.2, -0.15) is 0 Å². The molecule has 0 saturated carbocycles. The fraction of sp³-hybridized carbons (Fsp3) is 0.500. The molecule has 1 aliphatic rings. The highest BCUT2D eigenvalue weighted by Crippen LogP contribution is 2.19. The van der Waals surface area contributed by atoms with Crippen LogP contribution in [0.5, 0.6) is 5.88 Å². The van der Waals surface area contributed by atoms with Gasteiger partial charge in [0.25, 0.3) is 0 Å². The van der Waals surface area contributed by atoms with Gasteiger partial charge >= 0.3 is 0 Å². The first-order valence-electron chi connectivity index (χ1n) is 4.83. The molecule has 0 atom stereocenters. The van der Waals surface area contributed by atoms with Gasteiger partial charge in [-0.3, -0.25) is 0 Å². The van der Waals surface area contributed by atoms with E-state index in [2.05, 4.69) is 21.3 Å². The average Bonchev–Trinajstić information content (AvgIpc) is 2.30. The van der Waals surface area contributed by atoms with Gasteiger partial charge in [0.15, 0.2) is 0 Å². The van der Waals surface area contributed by atoms with Crippen molar-refractivity contribution in [1.29, 1.82) is 0 Å². The van der Waals surface area contributed by atoms with Crippen LogP contribution < -0.4 is 9.64 Å². The Labute approximate surface area is 83.9 Å². The van der Waals surface area contributed by atoms with E-state index in [-0.39, 0.29) is 0 Å². The maximum absolute atomic E-state index is 5.06. The van der Waals surface area contributed by atoms with E-state index in [1.54, 1.807) is 13.4 Å². The lowest BCUT2D eigenvalue weighted by atomic mass is 10.1. The number of anilines is 1. The fourth-order valence-corrected chi connectivity index (χ4v) is 1.59. The predicted molar refractivity (Wildman–Crippen MR) is 54.3 cm³/mol. The minimum Gasteiger partial charge on any atom is -0.481 e. The molecule has 2 rings (SSSR count). The normalized spacial score (nSPS) is 16.8. The number of hydrogen-bond acceptors (Lipinski definition) is 4. The third kappa shape index (κ3) is 1.95. The summed E-state index contributed by atoms with van der Waals surface area (Å²) in [5, 5.41) is 0. The second-order valence-electron chi connectivity index (χ2n) is 3.27. The molecule has 14 heavy (non-hydrogen) atoms. The van der Waals surface area contributed by atoms with Crippen LogP contribution in [-0.2, 0) is 0 Å². The van der Waals surface area contributed by atoms with Crippen LogP contribution in [0.15, 0.2) is 12.4 Å². The van der Waals surface area contributed by atoms with Crippen molar-refractivity contribution in [2.45, 2.75) is 12.8 Å². The van der Waals surface area contributed by atoms with Crippen LogP contribution in [0.4, 0.5) is 5.82 Å². The van der Waals surface area contributed by atoms with Gasteiger partial charge in [0.1, 0.15) is 12.1 Å². The maximum Gasteiger partial charge on any atom is 0.218 e. The van der Waals surface area contributed by atoms with E-state index in [0.717, 1.165) is 31.7 Å². The predicted octanol–water partition coefficient (Wildman–Crippen LogP) is 1.29. The molecule has 0 amide bonds. The molecule has 1 aromatic heterocycles. The molecule has 4 nitrogen and oxygen atoms in total. The van der Waals surface area contributed by atoms with Crippen molar-refractivity contribution in [2.75, 3.05) is 25.1 Å². The Morgan fingerprint density at radius 2 is 2.07 bits per heavy atom. The molecular weight excluding hydrogens is 178 g/mol. The van der Waals surface area contributed by atoms with Crippen molar-refractivity contribution in [3.63, 3.8) is 0 Å². The van der Waals surface area contributed by atoms with Crippen LogP contribution in [-0.4, -0.2) is 30.2 Å². The second-order valence-corrected chi connectivity index (χ2v) is 3.27. The van der Waals surface area contributed by atoms with E-state index in [4.69, 9.17) is 4.74 Å². The summed E-state index contributed by atoms with van der Waals surface area (Å²) in [7, 11) is 1.62. The van der Waals surface area contributed by atoms with Gasteiger partial charge in [0.05, 0.1) is 7.11 Å². The largest absolute Gasteiger partial charge is 0.481 e. The van der Waals surface area contributed by atoms with Crippen molar-refractivity contribution in [1.82, 2.24) is 9.97 Å². The van der Waals surface area contributed by atoms with E-state index in [1.807, 2.05) is 6.07 Å². The number of piperidine rings is 1. The number of hydrogen-bond donors (Lipinski definition) is 0. The molecule has 0 N–H and O–H groups in total. The highest BCUT2D eigenvalue weighted by Gasteiger charge is 2.12. The molecule has 4 heteroatoms. The summed E-state index contributed by atoms with van der Waals surface area (Å²) in [6.07, 6.45) is 6.13. The Morgan fingerprint density at radius 1 is 1.29 bits per heavy atom. The average molecular weight is 192 g/mol. The SMILES string of the molecule is COc1cc(N2CC[CH]CC2)ncn1. The van der Waals surface area contributed by atoms with E-state index in [9.17, 15) is 0 Å². The molecule has 1 fully saturated rings. The van der Waals surface area contributed by atoms with E-state index in [0.29, 0.717) is 5.88 Å². The van der Waals surface area contributed by atoms with Gasteiger partial charge in [-0.25, -0.2) is 9.97 Å². The Hall–Kier alpha value is -1.32. The third-order valence-corrected chi connectivity index (χ3v) is 2.37. The van der Waals surface area contributed by atoms with Crippen LogP contribution in [0.3, 0.4) is 0 Å². The lowest BCUT2D eigenvalue weighted by molar-refractivity contribution is 0.396. The lowest BCUT2D eigenvalue weighted by Gasteiger charge is -2.27. The topological polar surface area (TPSA) is 38.2 Å². The summed E-state index contributed by atoms with van der Waals surface area (Å²) < 4.78 is 5.06. The standard InChI is InChI=1S/C10H14N3O/c1-14-10-7-9(11-8-12-10)13-5-3-2-4-6-13/h2,7-8H,3-6H2,1H3. The van der Waals surface area contributed by atoms with Crippen LogP contribution in [0.25, 0.3) is 0 Å². The summed E-state index contributed by atoms with van der Waals surface area (Å²) in [5.74, 6) is 1.59. The first-order chi connectivity index (χ1) is 6.90. The second kappa shape index (κ2) is 4.26. The van der Waals surface area contributed by atoms with Gasteiger partial charge in [-0.1, -0.05) is 0 Å². The van der Waals surface area contributed by atoms with Crippen molar-refractivity contribution < 1.29 is 4.74 Å². The quantitative estimate of drug-likeness (QED) is 0.707. The minimum atomic E-state index is 0.629. The monoisotopic (exact) mass is 192 g/mol. The molecule has 2 heterocycles. The van der Waals surface area contributed by atoms with Crippen LogP contribution in [0, 0.1) is 6.42 Å². The molecule has 1 saturated heterocycles. The summed E-state index contributed by atoms with van der Waals surface area (Å²) >= 11 is 0. The molecule has 0 bridgehead atoms. The number of rotatable bonds is 2. The van der Waals surface area contributed by atoms with Crippen LogP contribution in [0.1, 0.15) is 12.8 Å². The van der Waals surface area contributed by atoms with E-state index >= 15 is 0 Å². The lowest BCUT2D eigenvalue weighted by Crippen LogP contribution is -2.30. The Morgan fingerprint density at radius 3 is 2.79 bits per heavy atom. The summed E-state index contributed by atoms with van der Waals surface area (Å²) in [6, 6.07) is 1.88. The zero-order chi connectivity index (χ0) is 9.80. The van der Waals surface area contributed by atoms with Crippen molar-refractivity contribution >= 4 is 5.82 Å². The van der Waals surface area contributed by atoms with Gasteiger partial charge < -0.3 is 9.64 Å². The molecule has 1 aromatic rings. The third-order valence-electron chi connectivity index (χ3n) is 2.37. The zero-order valence-electron chi connectivity index (χ0n) is 8.31. The van der Waals surface area contributed by atoms with Gasteiger partial charge in [0.2, 0.25) is 5.88 Å². The number of aromatic nitrogens is 2. The van der Waals surface area contributed by atoms with Crippen LogP contribution >= 0.6 is 0 Å². The minimum absolute atomic E-state index is 0.629. The highest BCUT2D eigenvalue weighted by atomic mass is 16.5. The molecule has 0 spiro atoms. The highest BCUT2D eigenvalue weighted by molar-refractivity contribution is 5.41. The molecule has 0 unspecified atom stereocenters. The number of nitrogens with zero attached hydrogens (tertiary/aromatic N) is 3. The van der Waals surface area contributed by atoms with Gasteiger partial charge in [0, 0.05) is 19.2 Å². The van der Waals surface area contributed by atoms with E-state index < -0.39 is 0 Å². The van der Waals surface area contributed by atoms with E-state index in [1.165, 1.54) is 0 Å². The Balaban J connectivity index is 2.13. The fourth-order valence-electron chi connectivity index (χ4n) is 1.59.